The summed E-state index contributed by atoms with van der Waals surface area (Å²) in [6.45, 7) is 11.7. The van der Waals surface area contributed by atoms with Crippen molar-refractivity contribution in [3.05, 3.63) is 59.4 Å². The van der Waals surface area contributed by atoms with E-state index in [0.29, 0.717) is 31.6 Å². The summed E-state index contributed by atoms with van der Waals surface area (Å²) >= 11 is 0. The van der Waals surface area contributed by atoms with Gasteiger partial charge in [-0.1, -0.05) is 45.9 Å². The molecule has 1 aliphatic heterocycles. The van der Waals surface area contributed by atoms with Crippen molar-refractivity contribution in [2.24, 2.45) is 5.92 Å². The minimum absolute atomic E-state index is 0.0138. The number of aromatic amines is 1. The fraction of sp³-hybridized carbons (Fsp3) is 0.483. The van der Waals surface area contributed by atoms with Gasteiger partial charge in [0.25, 0.3) is 5.91 Å². The molecule has 3 aromatic rings. The number of carbonyl (C=O) groups excluding carboxylic acids is 2. The Labute approximate surface area is 214 Å². The molecule has 2 amide bonds. The highest BCUT2D eigenvalue weighted by molar-refractivity contribution is 5.98. The molecule has 1 N–H and O–H groups in total. The quantitative estimate of drug-likeness (QED) is 0.557. The number of benzene rings is 2. The number of aromatic nitrogens is 2. The van der Waals surface area contributed by atoms with Crippen LogP contribution in [0, 0.1) is 5.92 Å². The first-order chi connectivity index (χ1) is 17.2. The highest BCUT2D eigenvalue weighted by atomic mass is 16.2. The van der Waals surface area contributed by atoms with Crippen LogP contribution in [0.2, 0.25) is 0 Å². The lowest BCUT2D eigenvalue weighted by Crippen LogP contribution is -2.37. The molecule has 1 aromatic heterocycles. The molecule has 2 heterocycles. The van der Waals surface area contributed by atoms with Crippen LogP contribution in [0.4, 0.5) is 5.69 Å². The molecule has 0 unspecified atom stereocenters. The van der Waals surface area contributed by atoms with Crippen LogP contribution in [-0.4, -0.2) is 64.8 Å². The predicted octanol–water partition coefficient (Wildman–Crippen LogP) is 5.04. The van der Waals surface area contributed by atoms with Gasteiger partial charge in [0.05, 0.1) is 11.0 Å². The van der Waals surface area contributed by atoms with Crippen LogP contribution in [0.3, 0.4) is 0 Å². The summed E-state index contributed by atoms with van der Waals surface area (Å²) in [6.07, 6.45) is 1.40. The van der Waals surface area contributed by atoms with Crippen molar-refractivity contribution in [2.45, 2.75) is 53.0 Å². The minimum atomic E-state index is -0.0138. The first-order valence-corrected chi connectivity index (χ1v) is 13.1. The fourth-order valence-corrected chi connectivity index (χ4v) is 4.73. The first kappa shape index (κ1) is 25.9. The van der Waals surface area contributed by atoms with Gasteiger partial charge in [-0.3, -0.25) is 9.59 Å². The molecule has 7 heteroatoms. The number of hydrogen-bond donors (Lipinski definition) is 1. The topological polar surface area (TPSA) is 72.5 Å². The Hall–Kier alpha value is -3.19. The zero-order valence-electron chi connectivity index (χ0n) is 22.3. The summed E-state index contributed by atoms with van der Waals surface area (Å²) in [7, 11) is 2.08. The van der Waals surface area contributed by atoms with Crippen LogP contribution >= 0.6 is 0 Å². The average Bonchev–Trinajstić information content (AvgIpc) is 3.26. The number of rotatable bonds is 4. The summed E-state index contributed by atoms with van der Waals surface area (Å²) < 4.78 is 0. The van der Waals surface area contributed by atoms with E-state index in [0.717, 1.165) is 47.6 Å². The number of amides is 2. The van der Waals surface area contributed by atoms with Crippen LogP contribution in [0.15, 0.2) is 42.5 Å². The highest BCUT2D eigenvalue weighted by Crippen LogP contribution is 2.26. The van der Waals surface area contributed by atoms with E-state index < -0.39 is 0 Å². The van der Waals surface area contributed by atoms with Crippen LogP contribution in [0.1, 0.15) is 68.2 Å². The monoisotopic (exact) mass is 489 g/mol. The Morgan fingerprint density at radius 3 is 2.53 bits per heavy atom. The molecule has 0 aliphatic carbocycles. The van der Waals surface area contributed by atoms with Crippen molar-refractivity contribution < 1.29 is 9.59 Å². The maximum Gasteiger partial charge on any atom is 0.254 e. The molecule has 0 saturated carbocycles. The summed E-state index contributed by atoms with van der Waals surface area (Å²) in [5, 5.41) is 0. The van der Waals surface area contributed by atoms with Gasteiger partial charge in [0.1, 0.15) is 5.82 Å². The Morgan fingerprint density at radius 2 is 1.78 bits per heavy atom. The summed E-state index contributed by atoms with van der Waals surface area (Å²) in [4.78, 5) is 41.1. The molecule has 4 rings (SSSR count). The molecule has 2 aromatic carbocycles. The van der Waals surface area contributed by atoms with Gasteiger partial charge >= 0.3 is 0 Å². The number of anilines is 1. The van der Waals surface area contributed by atoms with Gasteiger partial charge < -0.3 is 19.7 Å². The van der Waals surface area contributed by atoms with Gasteiger partial charge in [-0.2, -0.15) is 0 Å². The second kappa shape index (κ2) is 11.2. The van der Waals surface area contributed by atoms with E-state index in [1.807, 2.05) is 52.3 Å². The Bertz CT molecular complexity index is 1220. The lowest BCUT2D eigenvalue weighted by atomic mass is 10.1. The lowest BCUT2D eigenvalue weighted by molar-refractivity contribution is -0.119. The zero-order valence-corrected chi connectivity index (χ0v) is 22.3. The number of hydrogen-bond acceptors (Lipinski definition) is 4. The molecule has 1 aliphatic rings. The van der Waals surface area contributed by atoms with Crippen molar-refractivity contribution in [1.82, 2.24) is 19.8 Å². The van der Waals surface area contributed by atoms with Gasteiger partial charge in [-0.05, 0) is 55.8 Å². The molecule has 36 heavy (non-hydrogen) atoms. The summed E-state index contributed by atoms with van der Waals surface area (Å²) in [6, 6.07) is 13.7. The number of imidazole rings is 1. The standard InChI is InChI=1S/C29H39N5O2/c1-20(2)17-27(35)34-14-8-13-32(5)15-16-33(19-23-9-6-7-10-26(23)34)29(36)22-11-12-24-25(18-22)31-28(30-24)21(3)4/h6-7,9-12,18,20-21H,8,13-17,19H2,1-5H3,(H,30,31). The van der Waals surface area contributed by atoms with Gasteiger partial charge in [0.15, 0.2) is 0 Å². The zero-order chi connectivity index (χ0) is 25.8. The van der Waals surface area contributed by atoms with Crippen LogP contribution in [0.5, 0.6) is 0 Å². The maximum atomic E-state index is 13.8. The normalized spacial score (nSPS) is 15.9. The smallest absolute Gasteiger partial charge is 0.254 e. The minimum Gasteiger partial charge on any atom is -0.342 e. The highest BCUT2D eigenvalue weighted by Gasteiger charge is 2.24. The van der Waals surface area contributed by atoms with Crippen molar-refractivity contribution in [3.8, 4) is 0 Å². The number of para-hydroxylation sites is 1. The number of likely N-dealkylation sites (N-methyl/N-ethyl adjacent to an activating group) is 1. The molecule has 0 atom stereocenters. The van der Waals surface area contributed by atoms with Gasteiger partial charge in [0.2, 0.25) is 5.91 Å². The van der Waals surface area contributed by atoms with Crippen LogP contribution in [0.25, 0.3) is 11.0 Å². The van der Waals surface area contributed by atoms with Crippen LogP contribution < -0.4 is 4.90 Å². The second-order valence-electron chi connectivity index (χ2n) is 10.7. The van der Waals surface area contributed by atoms with E-state index in [1.165, 1.54) is 0 Å². The Kier molecular flexibility index (Phi) is 8.09. The summed E-state index contributed by atoms with van der Waals surface area (Å²) in [5.74, 6) is 1.63. The molecule has 0 saturated heterocycles. The third-order valence-electron chi connectivity index (χ3n) is 6.78. The van der Waals surface area contributed by atoms with Crippen LogP contribution in [-0.2, 0) is 11.3 Å². The molecule has 0 radical (unpaired) electrons. The van der Waals surface area contributed by atoms with Crippen molar-refractivity contribution in [2.75, 3.05) is 38.1 Å². The van der Waals surface area contributed by atoms with Crippen molar-refractivity contribution in [3.63, 3.8) is 0 Å². The molecular formula is C29H39N5O2. The van der Waals surface area contributed by atoms with Gasteiger partial charge in [0, 0.05) is 49.8 Å². The molecule has 7 nitrogen and oxygen atoms in total. The number of nitrogens with zero attached hydrogens (tertiary/aromatic N) is 4. The van der Waals surface area contributed by atoms with Gasteiger partial charge in [-0.15, -0.1) is 0 Å². The largest absolute Gasteiger partial charge is 0.342 e. The van der Waals surface area contributed by atoms with Crippen molar-refractivity contribution >= 4 is 28.5 Å². The van der Waals surface area contributed by atoms with Crippen molar-refractivity contribution in [1.29, 1.82) is 0 Å². The number of carbonyl (C=O) groups is 2. The van der Waals surface area contributed by atoms with E-state index in [1.54, 1.807) is 0 Å². The Morgan fingerprint density at radius 1 is 1.00 bits per heavy atom. The molecular weight excluding hydrogens is 450 g/mol. The fourth-order valence-electron chi connectivity index (χ4n) is 4.73. The predicted molar refractivity (Wildman–Crippen MR) is 145 cm³/mol. The molecule has 0 fully saturated rings. The molecule has 192 valence electrons. The number of H-pyrrole nitrogens is 1. The number of fused-ring (bicyclic) bond motifs is 2. The summed E-state index contributed by atoms with van der Waals surface area (Å²) in [5.41, 5.74) is 4.31. The number of nitrogens with one attached hydrogen (secondary N) is 1. The average molecular weight is 490 g/mol. The second-order valence-corrected chi connectivity index (χ2v) is 10.7. The van der Waals surface area contributed by atoms with E-state index in [9.17, 15) is 9.59 Å². The first-order valence-electron chi connectivity index (χ1n) is 13.1. The molecule has 0 bridgehead atoms. The third-order valence-corrected chi connectivity index (χ3v) is 6.78. The third kappa shape index (κ3) is 5.95. The van der Waals surface area contributed by atoms with E-state index in [2.05, 4.69) is 49.6 Å². The lowest BCUT2D eigenvalue weighted by Gasteiger charge is -2.28. The van der Waals surface area contributed by atoms with E-state index in [-0.39, 0.29) is 23.7 Å². The maximum absolute atomic E-state index is 13.8. The van der Waals surface area contributed by atoms with E-state index >= 15 is 0 Å². The molecule has 0 spiro atoms. The van der Waals surface area contributed by atoms with Gasteiger partial charge in [-0.25, -0.2) is 4.98 Å². The SMILES string of the molecule is CC(C)CC(=O)N1CCCN(C)CCN(C(=O)c2ccc3nc(C(C)C)[nH]c3c2)Cc2ccccc21. The Balaban J connectivity index is 1.67. The van der Waals surface area contributed by atoms with E-state index in [4.69, 9.17) is 0 Å².